The van der Waals surface area contributed by atoms with E-state index in [0.29, 0.717) is 11.3 Å². The van der Waals surface area contributed by atoms with Gasteiger partial charge in [0.25, 0.3) is 5.91 Å². The summed E-state index contributed by atoms with van der Waals surface area (Å²) in [6.07, 6.45) is 0. The number of furan rings is 1. The van der Waals surface area contributed by atoms with E-state index in [-0.39, 0.29) is 11.7 Å². The molecule has 7 nitrogen and oxygen atoms in total. The maximum atomic E-state index is 12.6. The first-order valence-corrected chi connectivity index (χ1v) is 11.0. The summed E-state index contributed by atoms with van der Waals surface area (Å²) in [4.78, 5) is 14.5. The quantitative estimate of drug-likeness (QED) is 0.339. The number of fused-ring (bicyclic) bond motifs is 1. The topological polar surface area (TPSA) is 80.5 Å². The summed E-state index contributed by atoms with van der Waals surface area (Å²) in [5, 5.41) is 14.0. The molecule has 3 aromatic carbocycles. The van der Waals surface area contributed by atoms with E-state index in [1.165, 1.54) is 11.3 Å². The predicted octanol–water partition coefficient (Wildman–Crippen LogP) is 5.98. The number of carbonyl (C=O) groups excluding carboxylic acids is 1. The molecule has 33 heavy (non-hydrogen) atoms. The van der Waals surface area contributed by atoms with Crippen molar-refractivity contribution in [2.75, 3.05) is 24.4 Å². The molecule has 2 heterocycles. The Labute approximate surface area is 194 Å². The normalized spacial score (nSPS) is 10.8. The van der Waals surface area contributed by atoms with Crippen LogP contribution in [0.1, 0.15) is 10.6 Å². The first kappa shape index (κ1) is 20.7. The number of amides is 1. The van der Waals surface area contributed by atoms with Crippen LogP contribution in [0.25, 0.3) is 21.5 Å². The fourth-order valence-electron chi connectivity index (χ4n) is 3.37. The van der Waals surface area contributed by atoms with Gasteiger partial charge in [-0.15, -0.1) is 10.2 Å². The molecule has 5 aromatic rings. The molecule has 8 heteroatoms. The number of carbonyl (C=O) groups is 1. The van der Waals surface area contributed by atoms with Crippen molar-refractivity contribution >= 4 is 44.7 Å². The summed E-state index contributed by atoms with van der Waals surface area (Å²) in [5.41, 5.74) is 3.26. The first-order chi connectivity index (χ1) is 16.1. The molecule has 0 saturated heterocycles. The Kier molecular flexibility index (Phi) is 5.50. The molecule has 2 aromatic heterocycles. The molecule has 0 radical (unpaired) electrons. The van der Waals surface area contributed by atoms with Gasteiger partial charge in [-0.1, -0.05) is 29.5 Å². The SMILES string of the molecule is COc1ccc(N(C)c2nnc(-c3ccc(NC(=O)c4cc5ccccc5o4)cc3)s2)cc1. The van der Waals surface area contributed by atoms with Gasteiger partial charge in [0.05, 0.1) is 7.11 Å². The predicted molar refractivity (Wildman–Crippen MR) is 131 cm³/mol. The van der Waals surface area contributed by atoms with Gasteiger partial charge in [-0.2, -0.15) is 0 Å². The molecule has 5 rings (SSSR count). The largest absolute Gasteiger partial charge is 0.497 e. The summed E-state index contributed by atoms with van der Waals surface area (Å²) >= 11 is 1.49. The number of para-hydroxylation sites is 1. The molecule has 1 N–H and O–H groups in total. The molecule has 0 spiro atoms. The lowest BCUT2D eigenvalue weighted by Gasteiger charge is -2.15. The zero-order chi connectivity index (χ0) is 22.8. The first-order valence-electron chi connectivity index (χ1n) is 10.2. The second kappa shape index (κ2) is 8.76. The van der Waals surface area contributed by atoms with Crippen molar-refractivity contribution in [3.8, 4) is 16.3 Å². The standard InChI is InChI=1S/C25H20N4O3S/c1-29(19-11-13-20(31-2)14-12-19)25-28-27-24(33-25)16-7-9-18(10-8-16)26-23(30)22-15-17-5-3-4-6-21(17)32-22/h3-15H,1-2H3,(H,26,30). The van der Waals surface area contributed by atoms with E-state index >= 15 is 0 Å². The lowest BCUT2D eigenvalue weighted by atomic mass is 10.2. The molecule has 0 unspecified atom stereocenters. The summed E-state index contributed by atoms with van der Waals surface area (Å²) in [6.45, 7) is 0. The Morgan fingerprint density at radius 1 is 1.00 bits per heavy atom. The Morgan fingerprint density at radius 2 is 1.76 bits per heavy atom. The average Bonchev–Trinajstić information content (AvgIpc) is 3.52. The van der Waals surface area contributed by atoms with Crippen LogP contribution in [-0.2, 0) is 0 Å². The van der Waals surface area contributed by atoms with Crippen LogP contribution in [0.15, 0.2) is 83.3 Å². The van der Waals surface area contributed by atoms with Gasteiger partial charge in [0, 0.05) is 29.4 Å². The molecule has 0 bridgehead atoms. The van der Waals surface area contributed by atoms with Crippen molar-refractivity contribution in [1.29, 1.82) is 0 Å². The Morgan fingerprint density at radius 3 is 2.48 bits per heavy atom. The molecule has 0 atom stereocenters. The number of benzene rings is 3. The summed E-state index contributed by atoms with van der Waals surface area (Å²) < 4.78 is 10.8. The number of ether oxygens (including phenoxy) is 1. The third kappa shape index (κ3) is 4.28. The monoisotopic (exact) mass is 456 g/mol. The van der Waals surface area contributed by atoms with Crippen LogP contribution >= 0.6 is 11.3 Å². The second-order valence-corrected chi connectivity index (χ2v) is 8.28. The van der Waals surface area contributed by atoms with E-state index in [4.69, 9.17) is 9.15 Å². The number of nitrogens with one attached hydrogen (secondary N) is 1. The third-order valence-corrected chi connectivity index (χ3v) is 6.25. The highest BCUT2D eigenvalue weighted by Crippen LogP contribution is 2.33. The highest BCUT2D eigenvalue weighted by molar-refractivity contribution is 7.18. The van der Waals surface area contributed by atoms with Gasteiger partial charge in [0.2, 0.25) is 5.13 Å². The summed E-state index contributed by atoms with van der Waals surface area (Å²) in [7, 11) is 3.59. The van der Waals surface area contributed by atoms with Gasteiger partial charge in [0.1, 0.15) is 16.3 Å². The van der Waals surface area contributed by atoms with E-state index in [9.17, 15) is 4.79 Å². The lowest BCUT2D eigenvalue weighted by Crippen LogP contribution is -2.10. The zero-order valence-corrected chi connectivity index (χ0v) is 18.8. The zero-order valence-electron chi connectivity index (χ0n) is 18.0. The maximum absolute atomic E-state index is 12.6. The summed E-state index contributed by atoms with van der Waals surface area (Å²) in [6, 6.07) is 24.5. The highest BCUT2D eigenvalue weighted by Gasteiger charge is 2.14. The fraction of sp³-hybridized carbons (Fsp3) is 0.0800. The van der Waals surface area contributed by atoms with Gasteiger partial charge < -0.3 is 19.4 Å². The molecule has 0 fully saturated rings. The number of methoxy groups -OCH3 is 1. The number of rotatable bonds is 6. The van der Waals surface area contributed by atoms with Crippen molar-refractivity contribution in [1.82, 2.24) is 10.2 Å². The fourth-order valence-corrected chi connectivity index (χ4v) is 4.20. The van der Waals surface area contributed by atoms with E-state index in [2.05, 4.69) is 15.5 Å². The Balaban J connectivity index is 1.28. The molecular formula is C25H20N4O3S. The smallest absolute Gasteiger partial charge is 0.291 e. The van der Waals surface area contributed by atoms with Crippen molar-refractivity contribution < 1.29 is 13.9 Å². The molecular weight excluding hydrogens is 436 g/mol. The molecule has 0 aliphatic heterocycles. The van der Waals surface area contributed by atoms with Crippen molar-refractivity contribution in [2.24, 2.45) is 0 Å². The number of hydrogen-bond acceptors (Lipinski definition) is 7. The minimum absolute atomic E-state index is 0.274. The lowest BCUT2D eigenvalue weighted by molar-refractivity contribution is 0.0998. The van der Waals surface area contributed by atoms with E-state index in [1.54, 1.807) is 13.2 Å². The van der Waals surface area contributed by atoms with Gasteiger partial charge >= 0.3 is 0 Å². The van der Waals surface area contributed by atoms with Crippen molar-refractivity contribution in [2.45, 2.75) is 0 Å². The maximum Gasteiger partial charge on any atom is 0.291 e. The van der Waals surface area contributed by atoms with E-state index < -0.39 is 0 Å². The number of hydrogen-bond donors (Lipinski definition) is 1. The van der Waals surface area contributed by atoms with Crippen LogP contribution in [0.4, 0.5) is 16.5 Å². The minimum Gasteiger partial charge on any atom is -0.497 e. The molecule has 0 aliphatic rings. The molecule has 164 valence electrons. The molecule has 0 saturated carbocycles. The molecule has 0 aliphatic carbocycles. The van der Waals surface area contributed by atoms with Crippen LogP contribution in [0, 0.1) is 0 Å². The van der Waals surface area contributed by atoms with Crippen LogP contribution < -0.4 is 15.0 Å². The Hall–Kier alpha value is -4.17. The van der Waals surface area contributed by atoms with Crippen molar-refractivity contribution in [3.05, 3.63) is 84.6 Å². The van der Waals surface area contributed by atoms with Gasteiger partial charge in [-0.25, -0.2) is 0 Å². The van der Waals surface area contributed by atoms with Crippen LogP contribution in [0.2, 0.25) is 0 Å². The minimum atomic E-state index is -0.293. The summed E-state index contributed by atoms with van der Waals surface area (Å²) in [5.74, 6) is 0.784. The van der Waals surface area contributed by atoms with Gasteiger partial charge in [-0.3, -0.25) is 4.79 Å². The Bertz CT molecular complexity index is 1370. The number of nitrogens with zero attached hydrogens (tertiary/aromatic N) is 3. The third-order valence-electron chi connectivity index (χ3n) is 5.20. The van der Waals surface area contributed by atoms with Crippen LogP contribution in [0.5, 0.6) is 5.75 Å². The second-order valence-electron chi connectivity index (χ2n) is 7.33. The van der Waals surface area contributed by atoms with Crippen LogP contribution in [-0.4, -0.2) is 30.3 Å². The molecule has 1 amide bonds. The van der Waals surface area contributed by atoms with Gasteiger partial charge in [0.15, 0.2) is 5.76 Å². The van der Waals surface area contributed by atoms with E-state index in [0.717, 1.165) is 32.5 Å². The number of aromatic nitrogens is 2. The van der Waals surface area contributed by atoms with E-state index in [1.807, 2.05) is 84.7 Å². The number of anilines is 3. The average molecular weight is 457 g/mol. The van der Waals surface area contributed by atoms with Crippen molar-refractivity contribution in [3.63, 3.8) is 0 Å². The van der Waals surface area contributed by atoms with Crippen LogP contribution in [0.3, 0.4) is 0 Å². The van der Waals surface area contributed by atoms with Gasteiger partial charge in [-0.05, 0) is 60.7 Å². The highest BCUT2D eigenvalue weighted by atomic mass is 32.1.